The van der Waals surface area contributed by atoms with Crippen molar-refractivity contribution in [2.75, 3.05) is 4.72 Å². The van der Waals surface area contributed by atoms with Gasteiger partial charge in [0.2, 0.25) is 0 Å². The van der Waals surface area contributed by atoms with Gasteiger partial charge < -0.3 is 5.11 Å². The fourth-order valence-corrected chi connectivity index (χ4v) is 6.09. The molecule has 0 unspecified atom stereocenters. The molecule has 3 aromatic carbocycles. The standard InChI is InChI=1S/C26H21FN2O4S2/c1-15-23(14-28-34-15)18-7-9-21(17-3-2-4-20(27)11-17)24(12-18)29-35(32,33)25-13-19(26(30)31)8-10-22(25)16-5-6-16/h2-4,7-14,16,29H,5-6H2,1H3,(H,30,31). The molecule has 0 amide bonds. The molecule has 178 valence electrons. The van der Waals surface area contributed by atoms with Crippen molar-refractivity contribution in [2.45, 2.75) is 30.6 Å². The molecule has 0 atom stereocenters. The van der Waals surface area contributed by atoms with Crippen LogP contribution in [-0.4, -0.2) is 23.9 Å². The van der Waals surface area contributed by atoms with E-state index >= 15 is 0 Å². The van der Waals surface area contributed by atoms with Gasteiger partial charge in [0, 0.05) is 22.2 Å². The molecule has 9 heteroatoms. The molecule has 6 nitrogen and oxygen atoms in total. The normalized spacial score (nSPS) is 13.5. The molecule has 5 rings (SSSR count). The van der Waals surface area contributed by atoms with Crippen LogP contribution in [0, 0.1) is 12.7 Å². The Hall–Kier alpha value is -3.56. The highest BCUT2D eigenvalue weighted by molar-refractivity contribution is 7.92. The van der Waals surface area contributed by atoms with Crippen molar-refractivity contribution in [3.8, 4) is 22.3 Å². The number of hydrogen-bond acceptors (Lipinski definition) is 5. The zero-order chi connectivity index (χ0) is 24.7. The highest BCUT2D eigenvalue weighted by atomic mass is 32.2. The molecule has 1 aliphatic carbocycles. The first-order valence-electron chi connectivity index (χ1n) is 10.9. The Bertz CT molecular complexity index is 1560. The Morgan fingerprint density at radius 3 is 2.49 bits per heavy atom. The summed E-state index contributed by atoms with van der Waals surface area (Å²) in [4.78, 5) is 12.5. The summed E-state index contributed by atoms with van der Waals surface area (Å²) in [6.07, 6.45) is 3.42. The smallest absolute Gasteiger partial charge is 0.335 e. The summed E-state index contributed by atoms with van der Waals surface area (Å²) < 4.78 is 48.2. The fraction of sp³-hybridized carbons (Fsp3) is 0.154. The molecule has 0 bridgehead atoms. The zero-order valence-electron chi connectivity index (χ0n) is 18.7. The van der Waals surface area contributed by atoms with Crippen LogP contribution in [0.1, 0.15) is 39.6 Å². The van der Waals surface area contributed by atoms with Crippen molar-refractivity contribution in [1.82, 2.24) is 4.37 Å². The lowest BCUT2D eigenvalue weighted by atomic mass is 9.99. The Morgan fingerprint density at radius 2 is 1.83 bits per heavy atom. The van der Waals surface area contributed by atoms with Gasteiger partial charge in [0.15, 0.2) is 0 Å². The van der Waals surface area contributed by atoms with Gasteiger partial charge in [-0.05, 0) is 84.2 Å². The van der Waals surface area contributed by atoms with Gasteiger partial charge in [0.05, 0.1) is 16.1 Å². The number of carbonyl (C=O) groups is 1. The number of benzene rings is 3. The lowest BCUT2D eigenvalue weighted by molar-refractivity contribution is 0.0696. The molecule has 1 aliphatic rings. The Kier molecular flexibility index (Phi) is 5.90. The summed E-state index contributed by atoms with van der Waals surface area (Å²) >= 11 is 1.34. The monoisotopic (exact) mass is 508 g/mol. The molecule has 1 fully saturated rings. The molecule has 0 spiro atoms. The van der Waals surface area contributed by atoms with E-state index in [2.05, 4.69) is 9.10 Å². The first-order chi connectivity index (χ1) is 16.7. The van der Waals surface area contributed by atoms with E-state index in [1.807, 2.05) is 13.0 Å². The van der Waals surface area contributed by atoms with Crippen LogP contribution in [0.4, 0.5) is 10.1 Å². The summed E-state index contributed by atoms with van der Waals surface area (Å²) in [5.74, 6) is -1.56. The number of aryl methyl sites for hydroxylation is 1. The Balaban J connectivity index is 1.65. The number of rotatable bonds is 7. The van der Waals surface area contributed by atoms with E-state index in [0.29, 0.717) is 16.7 Å². The van der Waals surface area contributed by atoms with E-state index in [9.17, 15) is 22.7 Å². The van der Waals surface area contributed by atoms with Crippen LogP contribution >= 0.6 is 11.5 Å². The second kappa shape index (κ2) is 8.90. The van der Waals surface area contributed by atoms with E-state index < -0.39 is 21.8 Å². The third-order valence-corrected chi connectivity index (χ3v) is 8.15. The minimum Gasteiger partial charge on any atom is -0.478 e. The van der Waals surface area contributed by atoms with Crippen LogP contribution in [0.2, 0.25) is 0 Å². The van der Waals surface area contributed by atoms with Gasteiger partial charge in [-0.1, -0.05) is 30.3 Å². The highest BCUT2D eigenvalue weighted by Crippen LogP contribution is 2.44. The molecule has 0 radical (unpaired) electrons. The Morgan fingerprint density at radius 1 is 1.06 bits per heavy atom. The number of nitrogens with one attached hydrogen (secondary N) is 1. The van der Waals surface area contributed by atoms with Crippen LogP contribution in [-0.2, 0) is 10.0 Å². The average Bonchev–Trinajstić information content (AvgIpc) is 3.58. The summed E-state index contributed by atoms with van der Waals surface area (Å²) in [5, 5.41) is 9.44. The molecular formula is C26H21FN2O4S2. The maximum atomic E-state index is 14.0. The minimum atomic E-state index is -4.16. The number of carboxylic acids is 1. The van der Waals surface area contributed by atoms with Crippen LogP contribution < -0.4 is 4.72 Å². The first kappa shape index (κ1) is 23.2. The topological polar surface area (TPSA) is 96.4 Å². The Labute approximate surface area is 206 Å². The predicted octanol–water partition coefficient (Wildman–Crippen LogP) is 6.30. The zero-order valence-corrected chi connectivity index (χ0v) is 20.3. The highest BCUT2D eigenvalue weighted by Gasteiger charge is 2.31. The van der Waals surface area contributed by atoms with Crippen LogP contribution in [0.5, 0.6) is 0 Å². The SMILES string of the molecule is Cc1sncc1-c1ccc(-c2cccc(F)c2)c(NS(=O)(=O)c2cc(C(=O)O)ccc2C2CC2)c1. The summed E-state index contributed by atoms with van der Waals surface area (Å²) in [7, 11) is -4.16. The number of aromatic nitrogens is 1. The van der Waals surface area contributed by atoms with Crippen molar-refractivity contribution < 1.29 is 22.7 Å². The lowest BCUT2D eigenvalue weighted by Gasteiger charge is -2.17. The quantitative estimate of drug-likeness (QED) is 0.305. The number of carboxylic acid groups (broad SMARTS) is 1. The van der Waals surface area contributed by atoms with Crippen molar-refractivity contribution in [3.63, 3.8) is 0 Å². The predicted molar refractivity (Wildman–Crippen MR) is 134 cm³/mol. The molecule has 2 N–H and O–H groups in total. The van der Waals surface area contributed by atoms with E-state index in [4.69, 9.17) is 0 Å². The van der Waals surface area contributed by atoms with Crippen LogP contribution in [0.25, 0.3) is 22.3 Å². The van der Waals surface area contributed by atoms with Gasteiger partial charge in [0.1, 0.15) is 5.82 Å². The number of sulfonamides is 1. The molecule has 4 aromatic rings. The second-order valence-electron chi connectivity index (χ2n) is 8.50. The largest absolute Gasteiger partial charge is 0.478 e. The van der Waals surface area contributed by atoms with Gasteiger partial charge in [-0.15, -0.1) is 0 Å². The van der Waals surface area contributed by atoms with E-state index in [1.54, 1.807) is 36.5 Å². The van der Waals surface area contributed by atoms with Crippen molar-refractivity contribution in [2.24, 2.45) is 0 Å². The maximum Gasteiger partial charge on any atom is 0.335 e. The number of aromatic carboxylic acids is 1. The van der Waals surface area contributed by atoms with Gasteiger partial charge in [0.25, 0.3) is 10.0 Å². The molecule has 1 saturated carbocycles. The van der Waals surface area contributed by atoms with E-state index in [-0.39, 0.29) is 22.1 Å². The van der Waals surface area contributed by atoms with E-state index in [0.717, 1.165) is 28.8 Å². The van der Waals surface area contributed by atoms with Crippen LogP contribution in [0.15, 0.2) is 71.8 Å². The summed E-state index contributed by atoms with van der Waals surface area (Å²) in [6.45, 7) is 1.93. The number of nitrogens with zero attached hydrogens (tertiary/aromatic N) is 1. The lowest BCUT2D eigenvalue weighted by Crippen LogP contribution is -2.16. The van der Waals surface area contributed by atoms with Crippen LogP contribution in [0.3, 0.4) is 0 Å². The van der Waals surface area contributed by atoms with Gasteiger partial charge in [-0.25, -0.2) is 22.0 Å². The molecular weight excluding hydrogens is 487 g/mol. The fourth-order valence-electron chi connectivity index (χ4n) is 4.11. The van der Waals surface area contributed by atoms with Gasteiger partial charge >= 0.3 is 5.97 Å². The second-order valence-corrected chi connectivity index (χ2v) is 11.2. The van der Waals surface area contributed by atoms with Crippen molar-refractivity contribution in [3.05, 3.63) is 88.7 Å². The van der Waals surface area contributed by atoms with Gasteiger partial charge in [-0.3, -0.25) is 4.72 Å². The third-order valence-electron chi connectivity index (χ3n) is 6.03. The van der Waals surface area contributed by atoms with Gasteiger partial charge in [-0.2, -0.15) is 0 Å². The number of halogens is 1. The molecule has 0 aliphatic heterocycles. The molecule has 1 aromatic heterocycles. The molecule has 0 saturated heterocycles. The summed E-state index contributed by atoms with van der Waals surface area (Å²) in [6, 6.07) is 15.4. The summed E-state index contributed by atoms with van der Waals surface area (Å²) in [5.41, 5.74) is 3.40. The van der Waals surface area contributed by atoms with Crippen molar-refractivity contribution in [1.29, 1.82) is 0 Å². The van der Waals surface area contributed by atoms with Crippen molar-refractivity contribution >= 4 is 33.2 Å². The minimum absolute atomic E-state index is 0.0520. The van der Waals surface area contributed by atoms with E-state index in [1.165, 1.54) is 35.8 Å². The average molecular weight is 509 g/mol. The molecule has 35 heavy (non-hydrogen) atoms. The number of anilines is 1. The first-order valence-corrected chi connectivity index (χ1v) is 13.2. The molecule has 1 heterocycles. The number of hydrogen-bond donors (Lipinski definition) is 2. The maximum absolute atomic E-state index is 14.0. The third kappa shape index (κ3) is 4.69.